The Hall–Kier alpha value is -3.45. The highest BCUT2D eigenvalue weighted by atomic mass is 19.4. The van der Waals surface area contributed by atoms with Crippen molar-refractivity contribution in [2.24, 2.45) is 5.92 Å². The van der Waals surface area contributed by atoms with Gasteiger partial charge in [0.15, 0.2) is 0 Å². The summed E-state index contributed by atoms with van der Waals surface area (Å²) in [4.78, 5) is 27.9. The van der Waals surface area contributed by atoms with Crippen molar-refractivity contribution in [1.82, 2.24) is 4.90 Å². The lowest BCUT2D eigenvalue weighted by Crippen LogP contribution is -2.51. The lowest BCUT2D eigenvalue weighted by molar-refractivity contribution is -0.143. The summed E-state index contributed by atoms with van der Waals surface area (Å²) in [6.07, 6.45) is -13.4. The first-order chi connectivity index (χ1) is 19.9. The van der Waals surface area contributed by atoms with Gasteiger partial charge in [0.2, 0.25) is 6.41 Å². The number of rotatable bonds is 6. The zero-order valence-electron chi connectivity index (χ0n) is 23.1. The second-order valence-electron chi connectivity index (χ2n) is 11.1. The van der Waals surface area contributed by atoms with Gasteiger partial charge in [-0.3, -0.25) is 9.69 Å². The third kappa shape index (κ3) is 7.20. The molecule has 43 heavy (non-hydrogen) atoms. The zero-order valence-corrected chi connectivity index (χ0v) is 23.1. The van der Waals surface area contributed by atoms with Crippen LogP contribution in [0.3, 0.4) is 0 Å². The summed E-state index contributed by atoms with van der Waals surface area (Å²) in [5.74, 6) is -0.128. The van der Waals surface area contributed by atoms with Gasteiger partial charge >= 0.3 is 24.6 Å². The highest BCUT2D eigenvalue weighted by molar-refractivity contribution is 5.90. The lowest BCUT2D eigenvalue weighted by Gasteiger charge is -2.45. The highest BCUT2D eigenvalue weighted by Crippen LogP contribution is 2.48. The quantitative estimate of drug-likeness (QED) is 0.239. The maximum absolute atomic E-state index is 13.8. The number of halogens is 9. The minimum atomic E-state index is -5.13. The number of nitrogens with zero attached hydrogens (tertiary/aromatic N) is 2. The molecule has 1 aliphatic carbocycles. The van der Waals surface area contributed by atoms with Crippen molar-refractivity contribution in [1.29, 1.82) is 0 Å². The molecule has 236 valence electrons. The topological polar surface area (TPSA) is 49.9 Å². The second kappa shape index (κ2) is 11.9. The average Bonchev–Trinajstić information content (AvgIpc) is 3.43. The monoisotopic (exact) mass is 624 g/mol. The van der Waals surface area contributed by atoms with E-state index in [-0.39, 0.29) is 36.1 Å². The number of carbonyl (C=O) groups is 2. The molecule has 4 rings (SSSR count). The molecule has 14 heteroatoms. The van der Waals surface area contributed by atoms with Crippen LogP contribution in [0.25, 0.3) is 0 Å². The number of amides is 2. The number of anilines is 1. The Bertz CT molecular complexity index is 1300. The maximum atomic E-state index is 13.8. The summed E-state index contributed by atoms with van der Waals surface area (Å²) in [6, 6.07) is 1.66. The van der Waals surface area contributed by atoms with Gasteiger partial charge in [0, 0.05) is 12.6 Å². The fourth-order valence-corrected chi connectivity index (χ4v) is 5.95. The van der Waals surface area contributed by atoms with Gasteiger partial charge in [-0.1, -0.05) is 12.8 Å². The van der Waals surface area contributed by atoms with E-state index in [9.17, 15) is 49.1 Å². The van der Waals surface area contributed by atoms with Gasteiger partial charge in [-0.2, -0.15) is 39.5 Å². The van der Waals surface area contributed by atoms with Crippen molar-refractivity contribution in [3.8, 4) is 0 Å². The minimum absolute atomic E-state index is 0.0265. The number of hydrogen-bond acceptors (Lipinski definition) is 3. The van der Waals surface area contributed by atoms with E-state index in [0.29, 0.717) is 25.0 Å². The Morgan fingerprint density at radius 3 is 1.95 bits per heavy atom. The van der Waals surface area contributed by atoms with Crippen LogP contribution in [-0.2, 0) is 34.6 Å². The molecule has 2 aromatic rings. The maximum Gasteiger partial charge on any atom is 0.416 e. The molecule has 2 aromatic carbocycles. The molecule has 1 aliphatic heterocycles. The number of carbonyl (C=O) groups excluding carboxylic acids is 2. The van der Waals surface area contributed by atoms with Crippen LogP contribution in [0.4, 0.5) is 50.0 Å². The highest BCUT2D eigenvalue weighted by Gasteiger charge is 2.45. The van der Waals surface area contributed by atoms with Crippen molar-refractivity contribution < 1.29 is 53.8 Å². The van der Waals surface area contributed by atoms with E-state index in [2.05, 4.69) is 0 Å². The molecule has 0 aromatic heterocycles. The molecule has 0 saturated heterocycles. The fraction of sp³-hybridized carbons (Fsp3) is 0.517. The van der Waals surface area contributed by atoms with E-state index in [4.69, 9.17) is 4.74 Å². The van der Waals surface area contributed by atoms with Gasteiger partial charge in [0.25, 0.3) is 0 Å². The van der Waals surface area contributed by atoms with Crippen molar-refractivity contribution in [2.45, 2.75) is 89.2 Å². The van der Waals surface area contributed by atoms with Crippen molar-refractivity contribution >= 4 is 18.2 Å². The first-order valence-corrected chi connectivity index (χ1v) is 13.6. The summed E-state index contributed by atoms with van der Waals surface area (Å²) in [7, 11) is 0. The Morgan fingerprint density at radius 2 is 1.47 bits per heavy atom. The summed E-state index contributed by atoms with van der Waals surface area (Å²) in [5.41, 5.74) is -4.88. The van der Waals surface area contributed by atoms with E-state index in [1.807, 2.05) is 0 Å². The van der Waals surface area contributed by atoms with Gasteiger partial charge < -0.3 is 9.64 Å². The Labute approximate surface area is 241 Å². The van der Waals surface area contributed by atoms with Crippen LogP contribution in [0.5, 0.6) is 0 Å². The van der Waals surface area contributed by atoms with Gasteiger partial charge in [0.05, 0.1) is 34.5 Å². The second-order valence-corrected chi connectivity index (χ2v) is 11.1. The Morgan fingerprint density at radius 1 is 0.907 bits per heavy atom. The molecule has 2 amide bonds. The molecule has 0 spiro atoms. The number of hydrogen-bond donors (Lipinski definition) is 0. The zero-order chi connectivity index (χ0) is 31.9. The summed E-state index contributed by atoms with van der Waals surface area (Å²) < 4.78 is 128. The largest absolute Gasteiger partial charge is 0.446 e. The molecule has 1 saturated carbocycles. The van der Waals surface area contributed by atoms with Crippen LogP contribution in [0.1, 0.15) is 79.8 Å². The van der Waals surface area contributed by atoms with Crippen molar-refractivity contribution in [3.63, 3.8) is 0 Å². The summed E-state index contributed by atoms with van der Waals surface area (Å²) in [6.45, 7) is 2.44. The summed E-state index contributed by atoms with van der Waals surface area (Å²) >= 11 is 0. The van der Waals surface area contributed by atoms with Crippen LogP contribution in [0, 0.1) is 5.92 Å². The van der Waals surface area contributed by atoms with E-state index in [0.717, 1.165) is 35.9 Å². The van der Waals surface area contributed by atoms with Gasteiger partial charge in [-0.15, -0.1) is 0 Å². The third-order valence-electron chi connectivity index (χ3n) is 7.80. The normalized spacial score (nSPS) is 19.9. The third-order valence-corrected chi connectivity index (χ3v) is 7.80. The Kier molecular flexibility index (Phi) is 8.99. The van der Waals surface area contributed by atoms with Crippen LogP contribution in [0.15, 0.2) is 36.4 Å². The first-order valence-electron chi connectivity index (χ1n) is 13.6. The molecule has 0 radical (unpaired) electrons. The molecule has 2 aliphatic rings. The first kappa shape index (κ1) is 32.5. The van der Waals surface area contributed by atoms with E-state index in [1.54, 1.807) is 13.8 Å². The smallest absolute Gasteiger partial charge is 0.416 e. The molecule has 0 N–H and O–H groups in total. The molecule has 2 unspecified atom stereocenters. The molecule has 1 heterocycles. The van der Waals surface area contributed by atoms with Gasteiger partial charge in [-0.05, 0) is 86.6 Å². The predicted molar refractivity (Wildman–Crippen MR) is 137 cm³/mol. The van der Waals surface area contributed by atoms with Crippen molar-refractivity contribution in [3.05, 3.63) is 64.2 Å². The number of benzene rings is 2. The van der Waals surface area contributed by atoms with E-state index < -0.39 is 71.6 Å². The molecule has 5 nitrogen and oxygen atoms in total. The van der Waals surface area contributed by atoms with E-state index >= 15 is 0 Å². The molecular weight excluding hydrogens is 595 g/mol. The van der Waals surface area contributed by atoms with Gasteiger partial charge in [0.1, 0.15) is 0 Å². The van der Waals surface area contributed by atoms with Gasteiger partial charge in [-0.25, -0.2) is 4.79 Å². The predicted octanol–water partition coefficient (Wildman–Crippen LogP) is 8.76. The summed E-state index contributed by atoms with van der Waals surface area (Å²) in [5, 5.41) is 0. The molecule has 1 fully saturated rings. The van der Waals surface area contributed by atoms with Crippen LogP contribution < -0.4 is 4.90 Å². The molecule has 2 atom stereocenters. The lowest BCUT2D eigenvalue weighted by atomic mass is 9.82. The molecule has 0 bridgehead atoms. The van der Waals surface area contributed by atoms with Crippen LogP contribution >= 0.6 is 0 Å². The number of ether oxygens (including phenoxy) is 1. The standard InChI is InChI=1S/C29H29F9N2O3/c1-16(2)43-26(42)40-23-8-7-19(27(30,31)32)12-22(23)25(13-24(40)18-5-3-4-6-18)39(15-41)14-17-9-20(28(33,34)35)11-21(10-17)29(36,37)38/h7-12,15-16,18,24-25H,3-6,13-14H2,1-2H3. The number of alkyl halides is 9. The minimum Gasteiger partial charge on any atom is -0.446 e. The molecular formula is C29H29F9N2O3. The number of fused-ring (bicyclic) bond motifs is 1. The SMILES string of the molecule is CC(C)OC(=O)N1c2ccc(C(F)(F)F)cc2C(N(C=O)Cc2cc(C(F)(F)F)cc(C(F)(F)F)c2)CC1C1CCCC1. The average molecular weight is 625 g/mol. The van der Waals surface area contributed by atoms with Crippen molar-refractivity contribution in [2.75, 3.05) is 4.90 Å². The van der Waals surface area contributed by atoms with E-state index in [1.165, 1.54) is 4.90 Å². The Balaban J connectivity index is 1.85. The van der Waals surface area contributed by atoms with Crippen LogP contribution in [-0.4, -0.2) is 29.5 Å². The fourth-order valence-electron chi connectivity index (χ4n) is 5.95. The van der Waals surface area contributed by atoms with Crippen LogP contribution in [0.2, 0.25) is 0 Å².